The van der Waals surface area contributed by atoms with Crippen molar-refractivity contribution >= 4 is 17.4 Å². The summed E-state index contributed by atoms with van der Waals surface area (Å²) in [5.41, 5.74) is 8.47. The molecule has 2 N–H and O–H groups in total. The number of aryl methyl sites for hydroxylation is 1. The van der Waals surface area contributed by atoms with Gasteiger partial charge in [-0.2, -0.15) is 0 Å². The predicted molar refractivity (Wildman–Crippen MR) is 69.3 cm³/mol. The van der Waals surface area contributed by atoms with E-state index < -0.39 is 0 Å². The Labute approximate surface area is 104 Å². The van der Waals surface area contributed by atoms with E-state index in [0.29, 0.717) is 5.75 Å². The number of pyridine rings is 1. The molecule has 0 atom stereocenters. The Morgan fingerprint density at radius 2 is 2.12 bits per heavy atom. The first-order valence-corrected chi connectivity index (χ1v) is 6.22. The van der Waals surface area contributed by atoms with Crippen LogP contribution in [0.3, 0.4) is 0 Å². The maximum atomic E-state index is 12.9. The van der Waals surface area contributed by atoms with Gasteiger partial charge < -0.3 is 5.73 Å². The monoisotopic (exact) mass is 248 g/mol. The highest BCUT2D eigenvalue weighted by Gasteiger charge is 2.02. The molecule has 0 spiro atoms. The van der Waals surface area contributed by atoms with Gasteiger partial charge in [-0.05, 0) is 42.3 Å². The van der Waals surface area contributed by atoms with E-state index >= 15 is 0 Å². The van der Waals surface area contributed by atoms with Crippen molar-refractivity contribution in [1.82, 2.24) is 4.98 Å². The normalized spacial score (nSPS) is 10.5. The number of nitrogens with two attached hydrogens (primary N) is 1. The van der Waals surface area contributed by atoms with Crippen molar-refractivity contribution in [1.29, 1.82) is 0 Å². The molecule has 1 aromatic carbocycles. The number of nitrogen functional groups attached to an aromatic ring is 1. The molecular weight excluding hydrogens is 235 g/mol. The van der Waals surface area contributed by atoms with Crippen molar-refractivity contribution < 1.29 is 4.39 Å². The van der Waals surface area contributed by atoms with Crippen molar-refractivity contribution in [2.75, 3.05) is 5.73 Å². The molecule has 0 saturated heterocycles. The number of hydrogen-bond donors (Lipinski definition) is 1. The standard InChI is InChI=1S/C13H13FN2S/c1-9-4-12(15)2-3-13(9)17-8-10-5-11(14)7-16-6-10/h2-7H,8,15H2,1H3. The van der Waals surface area contributed by atoms with Gasteiger partial charge in [0.25, 0.3) is 0 Å². The molecule has 0 saturated carbocycles. The van der Waals surface area contributed by atoms with Gasteiger partial charge in [-0.25, -0.2) is 4.39 Å². The minimum Gasteiger partial charge on any atom is -0.399 e. The molecule has 2 rings (SSSR count). The van der Waals surface area contributed by atoms with E-state index in [1.54, 1.807) is 18.0 Å². The number of benzene rings is 1. The Kier molecular flexibility index (Phi) is 3.64. The van der Waals surface area contributed by atoms with Crippen LogP contribution < -0.4 is 5.73 Å². The summed E-state index contributed by atoms with van der Waals surface area (Å²) in [5.74, 6) is 0.410. The van der Waals surface area contributed by atoms with Gasteiger partial charge in [0, 0.05) is 22.5 Å². The van der Waals surface area contributed by atoms with Gasteiger partial charge in [0.15, 0.2) is 0 Å². The molecule has 0 aliphatic rings. The van der Waals surface area contributed by atoms with E-state index in [-0.39, 0.29) is 5.82 Å². The lowest BCUT2D eigenvalue weighted by molar-refractivity contribution is 0.619. The molecule has 0 aliphatic carbocycles. The lowest BCUT2D eigenvalue weighted by Gasteiger charge is -2.06. The first-order chi connectivity index (χ1) is 8.15. The molecule has 17 heavy (non-hydrogen) atoms. The summed E-state index contributed by atoms with van der Waals surface area (Å²) in [5, 5.41) is 0. The molecule has 4 heteroatoms. The first kappa shape index (κ1) is 11.9. The number of anilines is 1. The summed E-state index contributed by atoms with van der Waals surface area (Å²) in [6.45, 7) is 2.02. The third kappa shape index (κ3) is 3.20. The maximum absolute atomic E-state index is 12.9. The summed E-state index contributed by atoms with van der Waals surface area (Å²) < 4.78 is 12.9. The van der Waals surface area contributed by atoms with E-state index in [4.69, 9.17) is 5.73 Å². The smallest absolute Gasteiger partial charge is 0.141 e. The number of rotatable bonds is 3. The number of hydrogen-bond acceptors (Lipinski definition) is 3. The summed E-state index contributed by atoms with van der Waals surface area (Å²) in [6.07, 6.45) is 2.89. The third-order valence-corrected chi connectivity index (χ3v) is 3.60. The van der Waals surface area contributed by atoms with Crippen molar-refractivity contribution in [3.8, 4) is 0 Å². The van der Waals surface area contributed by atoms with Gasteiger partial charge in [0.1, 0.15) is 5.82 Å². The molecule has 0 aliphatic heterocycles. The zero-order valence-corrected chi connectivity index (χ0v) is 10.3. The van der Waals surface area contributed by atoms with Crippen LogP contribution in [0.25, 0.3) is 0 Å². The van der Waals surface area contributed by atoms with Crippen molar-refractivity contribution in [2.24, 2.45) is 0 Å². The van der Waals surface area contributed by atoms with Crippen LogP contribution in [-0.2, 0) is 5.75 Å². The topological polar surface area (TPSA) is 38.9 Å². The molecule has 0 bridgehead atoms. The first-order valence-electron chi connectivity index (χ1n) is 5.23. The highest BCUT2D eigenvalue weighted by atomic mass is 32.2. The average Bonchev–Trinajstić information content (AvgIpc) is 2.28. The molecule has 2 nitrogen and oxygen atoms in total. The number of halogens is 1. The van der Waals surface area contributed by atoms with E-state index in [2.05, 4.69) is 4.98 Å². The Morgan fingerprint density at radius 3 is 2.82 bits per heavy atom. The summed E-state index contributed by atoms with van der Waals surface area (Å²) in [6, 6.07) is 7.31. The second-order valence-electron chi connectivity index (χ2n) is 3.83. The summed E-state index contributed by atoms with van der Waals surface area (Å²) in [7, 11) is 0. The second-order valence-corrected chi connectivity index (χ2v) is 4.84. The summed E-state index contributed by atoms with van der Waals surface area (Å²) in [4.78, 5) is 4.98. The van der Waals surface area contributed by atoms with E-state index in [0.717, 1.165) is 21.7 Å². The van der Waals surface area contributed by atoms with Crippen LogP contribution in [0.5, 0.6) is 0 Å². The van der Waals surface area contributed by atoms with Crippen LogP contribution in [-0.4, -0.2) is 4.98 Å². The molecule has 1 heterocycles. The van der Waals surface area contributed by atoms with Gasteiger partial charge in [0.05, 0.1) is 6.20 Å². The Bertz CT molecular complexity index is 529. The molecule has 0 radical (unpaired) electrons. The molecule has 88 valence electrons. The SMILES string of the molecule is Cc1cc(N)ccc1SCc1cncc(F)c1. The number of aromatic nitrogens is 1. The van der Waals surface area contributed by atoms with Gasteiger partial charge in [-0.15, -0.1) is 11.8 Å². The van der Waals surface area contributed by atoms with Crippen molar-refractivity contribution in [3.05, 3.63) is 53.6 Å². The molecule has 0 fully saturated rings. The van der Waals surface area contributed by atoms with Gasteiger partial charge in [-0.1, -0.05) is 0 Å². The van der Waals surface area contributed by atoms with Crippen LogP contribution in [0.15, 0.2) is 41.6 Å². The maximum Gasteiger partial charge on any atom is 0.141 e. The number of nitrogens with zero attached hydrogens (tertiary/aromatic N) is 1. The fraction of sp³-hybridized carbons (Fsp3) is 0.154. The molecule has 0 amide bonds. The van der Waals surface area contributed by atoms with Crippen LogP contribution in [0, 0.1) is 12.7 Å². The van der Waals surface area contributed by atoms with Crippen LogP contribution in [0.2, 0.25) is 0 Å². The van der Waals surface area contributed by atoms with E-state index in [1.807, 2.05) is 25.1 Å². The zero-order chi connectivity index (χ0) is 12.3. The van der Waals surface area contributed by atoms with Crippen LogP contribution in [0.1, 0.15) is 11.1 Å². The van der Waals surface area contributed by atoms with E-state index in [9.17, 15) is 4.39 Å². The highest BCUT2D eigenvalue weighted by molar-refractivity contribution is 7.98. The lowest BCUT2D eigenvalue weighted by Crippen LogP contribution is -1.89. The largest absolute Gasteiger partial charge is 0.399 e. The fourth-order valence-corrected chi connectivity index (χ4v) is 2.46. The Balaban J connectivity index is 2.07. The number of thioether (sulfide) groups is 1. The molecular formula is C13H13FN2S. The lowest BCUT2D eigenvalue weighted by atomic mass is 10.2. The van der Waals surface area contributed by atoms with Gasteiger partial charge in [0.2, 0.25) is 0 Å². The average molecular weight is 248 g/mol. The highest BCUT2D eigenvalue weighted by Crippen LogP contribution is 2.27. The quantitative estimate of drug-likeness (QED) is 0.668. The Hall–Kier alpha value is -1.55. The summed E-state index contributed by atoms with van der Waals surface area (Å²) >= 11 is 1.66. The molecule has 0 unspecified atom stereocenters. The van der Waals surface area contributed by atoms with Crippen LogP contribution >= 0.6 is 11.8 Å². The van der Waals surface area contributed by atoms with Gasteiger partial charge >= 0.3 is 0 Å². The predicted octanol–water partition coefficient (Wildman–Crippen LogP) is 3.40. The molecule has 1 aromatic heterocycles. The minimum absolute atomic E-state index is 0.294. The third-order valence-electron chi connectivity index (χ3n) is 2.35. The van der Waals surface area contributed by atoms with Crippen molar-refractivity contribution in [3.63, 3.8) is 0 Å². The molecule has 2 aromatic rings. The second kappa shape index (κ2) is 5.19. The van der Waals surface area contributed by atoms with E-state index in [1.165, 1.54) is 12.3 Å². The minimum atomic E-state index is -0.294. The Morgan fingerprint density at radius 1 is 1.29 bits per heavy atom. The van der Waals surface area contributed by atoms with Crippen molar-refractivity contribution in [2.45, 2.75) is 17.6 Å². The van der Waals surface area contributed by atoms with Crippen LogP contribution in [0.4, 0.5) is 10.1 Å². The van der Waals surface area contributed by atoms with Gasteiger partial charge in [-0.3, -0.25) is 4.98 Å². The fourth-order valence-electron chi connectivity index (χ4n) is 1.53. The zero-order valence-electron chi connectivity index (χ0n) is 9.48.